The molecule has 2 aliphatic heterocycles. The molecule has 2 amide bonds. The minimum absolute atomic E-state index is 0.0497. The number of piperidine rings is 2. The topological polar surface area (TPSA) is 59.1 Å². The summed E-state index contributed by atoms with van der Waals surface area (Å²) in [5, 5.41) is 0.576. The van der Waals surface area contributed by atoms with Crippen LogP contribution < -0.4 is 9.47 Å². The van der Waals surface area contributed by atoms with Gasteiger partial charge in [-0.3, -0.25) is 9.59 Å². The maximum atomic E-state index is 13.9. The second-order valence-electron chi connectivity index (χ2n) is 9.50. The van der Waals surface area contributed by atoms with Gasteiger partial charge in [-0.2, -0.15) is 0 Å². The van der Waals surface area contributed by atoms with Crippen molar-refractivity contribution in [2.45, 2.75) is 38.5 Å². The second-order valence-corrected chi connectivity index (χ2v) is 9.94. The lowest BCUT2D eigenvalue weighted by atomic mass is 9.77. The lowest BCUT2D eigenvalue weighted by Gasteiger charge is -2.43. The first-order chi connectivity index (χ1) is 16.9. The third kappa shape index (κ3) is 6.88. The lowest BCUT2D eigenvalue weighted by molar-refractivity contribution is -0.143. The molecule has 2 aliphatic rings. The highest BCUT2D eigenvalue weighted by Crippen LogP contribution is 2.36. The Bertz CT molecular complexity index is 1030. The van der Waals surface area contributed by atoms with Crippen LogP contribution in [0, 0.1) is 11.2 Å². The lowest BCUT2D eigenvalue weighted by Crippen LogP contribution is -2.52. The van der Waals surface area contributed by atoms with E-state index in [9.17, 15) is 14.0 Å². The number of rotatable bonds is 8. The molecule has 2 heterocycles. The van der Waals surface area contributed by atoms with Gasteiger partial charge in [-0.25, -0.2) is 4.39 Å². The van der Waals surface area contributed by atoms with E-state index in [0.29, 0.717) is 36.9 Å². The van der Waals surface area contributed by atoms with E-state index in [0.717, 1.165) is 45.2 Å². The molecule has 2 fully saturated rings. The van der Waals surface area contributed by atoms with E-state index in [1.165, 1.54) is 12.1 Å². The molecule has 0 unspecified atom stereocenters. The highest BCUT2D eigenvalue weighted by atomic mass is 35.5. The van der Waals surface area contributed by atoms with E-state index in [1.54, 1.807) is 29.2 Å². The summed E-state index contributed by atoms with van der Waals surface area (Å²) in [6.07, 6.45) is 5.02. The van der Waals surface area contributed by atoms with Gasteiger partial charge in [-0.1, -0.05) is 29.8 Å². The van der Waals surface area contributed by atoms with Gasteiger partial charge in [0.15, 0.2) is 18.2 Å². The van der Waals surface area contributed by atoms with Gasteiger partial charge in [0.1, 0.15) is 5.75 Å². The molecule has 2 aromatic carbocycles. The molecule has 0 spiro atoms. The maximum absolute atomic E-state index is 13.9. The van der Waals surface area contributed by atoms with E-state index in [1.807, 2.05) is 17.0 Å². The number of amides is 2. The standard InChI is InChI=1S/C27H32ClFN2O4/c28-21-8-6-9-22(16-21)35-20-27(17-25(32)30-13-4-1-5-14-30)12-7-15-31(19-27)26(33)18-34-24-11-3-2-10-23(24)29/h2-3,6,8-11,16H,1,4-5,7,12-15,17-20H2/t27-/m1/s1. The summed E-state index contributed by atoms with van der Waals surface area (Å²) in [5.74, 6) is 0.0551. The number of carbonyl (C=O) groups excluding carboxylic acids is 2. The molecule has 188 valence electrons. The summed E-state index contributed by atoms with van der Waals surface area (Å²) in [4.78, 5) is 29.9. The van der Waals surface area contributed by atoms with Crippen LogP contribution in [0.5, 0.6) is 11.5 Å². The van der Waals surface area contributed by atoms with Crippen LogP contribution >= 0.6 is 11.6 Å². The number of nitrogens with zero attached hydrogens (tertiary/aromatic N) is 2. The quantitative estimate of drug-likeness (QED) is 0.512. The Morgan fingerprint density at radius 1 is 0.914 bits per heavy atom. The van der Waals surface area contributed by atoms with Gasteiger partial charge in [0.2, 0.25) is 5.91 Å². The molecule has 8 heteroatoms. The fourth-order valence-electron chi connectivity index (χ4n) is 4.90. The van der Waals surface area contributed by atoms with E-state index in [-0.39, 0.29) is 24.2 Å². The predicted octanol–water partition coefficient (Wildman–Crippen LogP) is 4.95. The zero-order valence-electron chi connectivity index (χ0n) is 19.9. The summed E-state index contributed by atoms with van der Waals surface area (Å²) < 4.78 is 25.5. The van der Waals surface area contributed by atoms with Crippen LogP contribution in [-0.4, -0.2) is 61.0 Å². The Labute approximate surface area is 210 Å². The van der Waals surface area contributed by atoms with Crippen LogP contribution in [0.1, 0.15) is 38.5 Å². The summed E-state index contributed by atoms with van der Waals surface area (Å²) in [7, 11) is 0. The number of hydrogen-bond donors (Lipinski definition) is 0. The molecule has 1 atom stereocenters. The van der Waals surface area contributed by atoms with Crippen LogP contribution in [0.4, 0.5) is 4.39 Å². The molecule has 2 saturated heterocycles. The Morgan fingerprint density at radius 3 is 2.46 bits per heavy atom. The highest BCUT2D eigenvalue weighted by Gasteiger charge is 2.41. The highest BCUT2D eigenvalue weighted by molar-refractivity contribution is 6.30. The van der Waals surface area contributed by atoms with E-state index < -0.39 is 11.2 Å². The smallest absolute Gasteiger partial charge is 0.260 e. The SMILES string of the molecule is O=C(C[C@]1(COc2cccc(Cl)c2)CCCN(C(=O)COc2ccccc2F)C1)N1CCCCC1. The van der Waals surface area contributed by atoms with Crippen LogP contribution in [0.15, 0.2) is 48.5 Å². The van der Waals surface area contributed by atoms with Gasteiger partial charge in [0.05, 0.1) is 6.61 Å². The molecule has 0 aromatic heterocycles. The van der Waals surface area contributed by atoms with Crippen molar-refractivity contribution in [2.24, 2.45) is 5.41 Å². The number of hydrogen-bond acceptors (Lipinski definition) is 4. The largest absolute Gasteiger partial charge is 0.493 e. The molecule has 0 radical (unpaired) electrons. The zero-order chi connectivity index (χ0) is 24.7. The molecule has 35 heavy (non-hydrogen) atoms. The van der Waals surface area contributed by atoms with Gasteiger partial charge in [-0.15, -0.1) is 0 Å². The first-order valence-corrected chi connectivity index (χ1v) is 12.6. The third-order valence-electron chi connectivity index (χ3n) is 6.78. The average Bonchev–Trinajstić information content (AvgIpc) is 2.87. The number of halogens is 2. The van der Waals surface area contributed by atoms with Gasteiger partial charge in [-0.05, 0) is 62.4 Å². The fourth-order valence-corrected chi connectivity index (χ4v) is 5.08. The summed E-state index contributed by atoms with van der Waals surface area (Å²) in [6.45, 7) is 2.55. The van der Waals surface area contributed by atoms with Gasteiger partial charge in [0.25, 0.3) is 5.91 Å². The van der Waals surface area contributed by atoms with E-state index in [4.69, 9.17) is 21.1 Å². The monoisotopic (exact) mass is 502 g/mol. The van der Waals surface area contributed by atoms with Crippen molar-refractivity contribution in [3.05, 3.63) is 59.4 Å². The number of ether oxygens (including phenoxy) is 2. The van der Waals surface area contributed by atoms with E-state index in [2.05, 4.69) is 0 Å². The van der Waals surface area contributed by atoms with Crippen molar-refractivity contribution < 1.29 is 23.5 Å². The first kappa shape index (κ1) is 25.3. The molecular formula is C27H32ClFN2O4. The summed E-state index contributed by atoms with van der Waals surface area (Å²) in [6, 6.07) is 13.2. The van der Waals surface area contributed by atoms with Crippen molar-refractivity contribution in [1.82, 2.24) is 9.80 Å². The minimum atomic E-state index is -0.525. The van der Waals surface area contributed by atoms with Crippen LogP contribution in [0.25, 0.3) is 0 Å². The minimum Gasteiger partial charge on any atom is -0.493 e. The Morgan fingerprint density at radius 2 is 1.69 bits per heavy atom. The Hall–Kier alpha value is -2.80. The predicted molar refractivity (Wildman–Crippen MR) is 132 cm³/mol. The molecular weight excluding hydrogens is 471 g/mol. The molecule has 2 aromatic rings. The van der Waals surface area contributed by atoms with Crippen molar-refractivity contribution in [2.75, 3.05) is 39.4 Å². The van der Waals surface area contributed by atoms with Gasteiger partial charge < -0.3 is 19.3 Å². The Kier molecular flexibility index (Phi) is 8.50. The normalized spacial score (nSPS) is 20.4. The van der Waals surface area contributed by atoms with E-state index >= 15 is 0 Å². The average molecular weight is 503 g/mol. The first-order valence-electron chi connectivity index (χ1n) is 12.3. The fraction of sp³-hybridized carbons (Fsp3) is 0.481. The number of carbonyl (C=O) groups is 2. The molecule has 4 rings (SSSR count). The van der Waals surface area contributed by atoms with Gasteiger partial charge >= 0.3 is 0 Å². The van der Waals surface area contributed by atoms with Crippen LogP contribution in [-0.2, 0) is 9.59 Å². The Balaban J connectivity index is 1.45. The number of para-hydroxylation sites is 1. The molecule has 0 bridgehead atoms. The summed E-state index contributed by atoms with van der Waals surface area (Å²) >= 11 is 6.11. The summed E-state index contributed by atoms with van der Waals surface area (Å²) in [5.41, 5.74) is -0.525. The molecule has 0 saturated carbocycles. The number of likely N-dealkylation sites (tertiary alicyclic amines) is 2. The maximum Gasteiger partial charge on any atom is 0.260 e. The molecule has 6 nitrogen and oxygen atoms in total. The van der Waals surface area contributed by atoms with Crippen molar-refractivity contribution >= 4 is 23.4 Å². The van der Waals surface area contributed by atoms with Crippen molar-refractivity contribution in [3.63, 3.8) is 0 Å². The molecule has 0 aliphatic carbocycles. The van der Waals surface area contributed by atoms with Crippen molar-refractivity contribution in [1.29, 1.82) is 0 Å². The second kappa shape index (κ2) is 11.8. The van der Waals surface area contributed by atoms with Crippen molar-refractivity contribution in [3.8, 4) is 11.5 Å². The molecule has 0 N–H and O–H groups in total. The third-order valence-corrected chi connectivity index (χ3v) is 7.01. The number of benzene rings is 2. The zero-order valence-corrected chi connectivity index (χ0v) is 20.6. The van der Waals surface area contributed by atoms with Crippen LogP contribution in [0.2, 0.25) is 5.02 Å². The van der Waals surface area contributed by atoms with Gasteiger partial charge in [0, 0.05) is 43.0 Å². The van der Waals surface area contributed by atoms with Crippen LogP contribution in [0.3, 0.4) is 0 Å².